The average Bonchev–Trinajstić information content (AvgIpc) is 2.55. The standard InChI is InChI=1S/C10H19NO.C2H4/c1-8(2)11-6-4-5-10(11)7-9(3)12;1-2/h8,10H,4-7H2,1-3H3;1-2H2. The Hall–Kier alpha value is -0.630. The number of ketones is 1. The first-order valence-corrected chi connectivity index (χ1v) is 5.36. The molecule has 0 amide bonds. The molecular formula is C12H23NO. The lowest BCUT2D eigenvalue weighted by molar-refractivity contribution is -0.118. The van der Waals surface area contributed by atoms with Gasteiger partial charge >= 0.3 is 0 Å². The van der Waals surface area contributed by atoms with Crippen LogP contribution in [-0.4, -0.2) is 29.3 Å². The van der Waals surface area contributed by atoms with E-state index < -0.39 is 0 Å². The average molecular weight is 197 g/mol. The van der Waals surface area contributed by atoms with E-state index in [9.17, 15) is 4.79 Å². The van der Waals surface area contributed by atoms with Crippen molar-refractivity contribution in [2.45, 2.75) is 52.1 Å². The number of rotatable bonds is 3. The van der Waals surface area contributed by atoms with Gasteiger partial charge < -0.3 is 0 Å². The normalized spacial score (nSPS) is 21.9. The lowest BCUT2D eigenvalue weighted by atomic mass is 10.1. The Morgan fingerprint density at radius 3 is 2.50 bits per heavy atom. The summed E-state index contributed by atoms with van der Waals surface area (Å²) in [5, 5.41) is 0. The van der Waals surface area contributed by atoms with E-state index in [1.54, 1.807) is 6.92 Å². The zero-order valence-electron chi connectivity index (χ0n) is 9.75. The summed E-state index contributed by atoms with van der Waals surface area (Å²) < 4.78 is 0. The number of carbonyl (C=O) groups is 1. The zero-order chi connectivity index (χ0) is 11.1. The van der Waals surface area contributed by atoms with E-state index in [2.05, 4.69) is 31.9 Å². The van der Waals surface area contributed by atoms with Crippen molar-refractivity contribution < 1.29 is 4.79 Å². The van der Waals surface area contributed by atoms with E-state index in [1.165, 1.54) is 19.4 Å². The van der Waals surface area contributed by atoms with Crippen molar-refractivity contribution in [2.75, 3.05) is 6.54 Å². The Morgan fingerprint density at radius 2 is 2.07 bits per heavy atom. The first-order chi connectivity index (χ1) is 6.61. The van der Waals surface area contributed by atoms with E-state index in [0.717, 1.165) is 6.42 Å². The summed E-state index contributed by atoms with van der Waals surface area (Å²) in [6, 6.07) is 1.12. The summed E-state index contributed by atoms with van der Waals surface area (Å²) in [7, 11) is 0. The monoisotopic (exact) mass is 197 g/mol. The maximum atomic E-state index is 10.9. The summed E-state index contributed by atoms with van der Waals surface area (Å²) in [4.78, 5) is 13.4. The first kappa shape index (κ1) is 13.4. The topological polar surface area (TPSA) is 20.3 Å². The molecule has 2 nitrogen and oxygen atoms in total. The molecule has 0 aromatic heterocycles. The molecule has 0 aromatic carbocycles. The van der Waals surface area contributed by atoms with Gasteiger partial charge in [0, 0.05) is 18.5 Å². The van der Waals surface area contributed by atoms with Crippen LogP contribution in [0.5, 0.6) is 0 Å². The fraction of sp³-hybridized carbons (Fsp3) is 0.750. The highest BCUT2D eigenvalue weighted by Gasteiger charge is 2.26. The van der Waals surface area contributed by atoms with Crippen molar-refractivity contribution in [1.82, 2.24) is 4.90 Å². The highest BCUT2D eigenvalue weighted by atomic mass is 16.1. The van der Waals surface area contributed by atoms with E-state index in [0.29, 0.717) is 17.9 Å². The molecule has 1 heterocycles. The van der Waals surface area contributed by atoms with Crippen LogP contribution in [0.2, 0.25) is 0 Å². The van der Waals surface area contributed by atoms with Crippen LogP contribution < -0.4 is 0 Å². The summed E-state index contributed by atoms with van der Waals surface area (Å²) in [5.41, 5.74) is 0. The highest BCUT2D eigenvalue weighted by molar-refractivity contribution is 5.76. The van der Waals surface area contributed by atoms with Gasteiger partial charge in [0.25, 0.3) is 0 Å². The molecule has 1 rings (SSSR count). The van der Waals surface area contributed by atoms with Crippen LogP contribution in [-0.2, 0) is 4.79 Å². The van der Waals surface area contributed by atoms with Gasteiger partial charge in [0.05, 0.1) is 0 Å². The minimum absolute atomic E-state index is 0.326. The third-order valence-corrected chi connectivity index (χ3v) is 2.61. The van der Waals surface area contributed by atoms with Gasteiger partial charge in [-0.3, -0.25) is 9.69 Å². The number of carbonyl (C=O) groups excluding carboxylic acids is 1. The number of hydrogen-bond donors (Lipinski definition) is 0. The number of nitrogens with zero attached hydrogens (tertiary/aromatic N) is 1. The molecule has 1 fully saturated rings. The van der Waals surface area contributed by atoms with Crippen LogP contribution in [0.15, 0.2) is 13.2 Å². The fourth-order valence-corrected chi connectivity index (χ4v) is 2.09. The molecule has 0 aliphatic carbocycles. The third kappa shape index (κ3) is 4.05. The van der Waals surface area contributed by atoms with E-state index in [4.69, 9.17) is 0 Å². The van der Waals surface area contributed by atoms with Gasteiger partial charge in [0.15, 0.2) is 0 Å². The maximum Gasteiger partial charge on any atom is 0.131 e. The molecule has 0 spiro atoms. The number of hydrogen-bond acceptors (Lipinski definition) is 2. The van der Waals surface area contributed by atoms with Crippen molar-refractivity contribution in [2.24, 2.45) is 0 Å². The van der Waals surface area contributed by atoms with Gasteiger partial charge in [-0.15, -0.1) is 13.2 Å². The van der Waals surface area contributed by atoms with E-state index >= 15 is 0 Å². The molecule has 14 heavy (non-hydrogen) atoms. The Labute approximate surface area is 88.0 Å². The Kier molecular flexibility index (Phi) is 6.46. The minimum atomic E-state index is 0.326. The SMILES string of the molecule is C=C.CC(=O)CC1CCCN1C(C)C. The predicted molar refractivity (Wildman–Crippen MR) is 61.4 cm³/mol. The van der Waals surface area contributed by atoms with Gasteiger partial charge in [-0.1, -0.05) is 0 Å². The molecule has 1 aliphatic heterocycles. The van der Waals surface area contributed by atoms with Gasteiger partial charge in [0.1, 0.15) is 5.78 Å². The molecule has 0 saturated carbocycles. The molecular weight excluding hydrogens is 174 g/mol. The van der Waals surface area contributed by atoms with Crippen molar-refractivity contribution in [3.05, 3.63) is 13.2 Å². The summed E-state index contributed by atoms with van der Waals surface area (Å²) in [6.45, 7) is 13.3. The summed E-state index contributed by atoms with van der Waals surface area (Å²) in [6.07, 6.45) is 3.21. The van der Waals surface area contributed by atoms with E-state index in [-0.39, 0.29) is 0 Å². The van der Waals surface area contributed by atoms with Crippen molar-refractivity contribution in [3.63, 3.8) is 0 Å². The summed E-state index contributed by atoms with van der Waals surface area (Å²) >= 11 is 0. The van der Waals surface area contributed by atoms with Gasteiger partial charge in [-0.05, 0) is 40.2 Å². The smallest absolute Gasteiger partial charge is 0.131 e. The van der Waals surface area contributed by atoms with Crippen LogP contribution in [0.3, 0.4) is 0 Å². The number of Topliss-reactive ketones (excluding diaryl/α,β-unsaturated/α-hetero) is 1. The highest BCUT2D eigenvalue weighted by Crippen LogP contribution is 2.22. The van der Waals surface area contributed by atoms with E-state index in [1.807, 2.05) is 0 Å². The molecule has 0 bridgehead atoms. The van der Waals surface area contributed by atoms with Crippen LogP contribution in [0.4, 0.5) is 0 Å². The molecule has 1 aliphatic rings. The lowest BCUT2D eigenvalue weighted by Gasteiger charge is -2.27. The quantitative estimate of drug-likeness (QED) is 0.648. The second kappa shape index (κ2) is 6.77. The molecule has 1 unspecified atom stereocenters. The molecule has 1 atom stereocenters. The molecule has 1 saturated heterocycles. The van der Waals surface area contributed by atoms with Crippen LogP contribution >= 0.6 is 0 Å². The van der Waals surface area contributed by atoms with Crippen LogP contribution in [0.1, 0.15) is 40.0 Å². The van der Waals surface area contributed by atoms with Crippen molar-refractivity contribution in [3.8, 4) is 0 Å². The Bertz CT molecular complexity index is 177. The molecule has 82 valence electrons. The maximum absolute atomic E-state index is 10.9. The van der Waals surface area contributed by atoms with Gasteiger partial charge in [0.2, 0.25) is 0 Å². The van der Waals surface area contributed by atoms with Crippen LogP contribution in [0, 0.1) is 0 Å². The van der Waals surface area contributed by atoms with Crippen molar-refractivity contribution >= 4 is 5.78 Å². The molecule has 0 aromatic rings. The predicted octanol–water partition coefficient (Wildman–Crippen LogP) is 2.64. The largest absolute Gasteiger partial charge is 0.300 e. The third-order valence-electron chi connectivity index (χ3n) is 2.61. The van der Waals surface area contributed by atoms with Gasteiger partial charge in [-0.2, -0.15) is 0 Å². The molecule has 0 radical (unpaired) electrons. The fourth-order valence-electron chi connectivity index (χ4n) is 2.09. The number of likely N-dealkylation sites (tertiary alicyclic amines) is 1. The summed E-state index contributed by atoms with van der Waals surface area (Å²) in [5.74, 6) is 0.326. The second-order valence-corrected chi connectivity index (χ2v) is 4.03. The van der Waals surface area contributed by atoms with Gasteiger partial charge in [-0.25, -0.2) is 0 Å². The molecule has 0 N–H and O–H groups in total. The lowest BCUT2D eigenvalue weighted by Crippen LogP contribution is -2.36. The second-order valence-electron chi connectivity index (χ2n) is 4.03. The van der Waals surface area contributed by atoms with Crippen molar-refractivity contribution in [1.29, 1.82) is 0 Å². The Balaban J connectivity index is 0.000000791. The zero-order valence-corrected chi connectivity index (χ0v) is 9.75. The minimum Gasteiger partial charge on any atom is -0.300 e. The molecule has 2 heteroatoms. The Morgan fingerprint density at radius 1 is 1.50 bits per heavy atom. The van der Waals surface area contributed by atoms with Crippen LogP contribution in [0.25, 0.3) is 0 Å². The first-order valence-electron chi connectivity index (χ1n) is 5.36.